The quantitative estimate of drug-likeness (QED) is 0.253. The molecule has 0 aliphatic rings. The third kappa shape index (κ3) is 6.35. The summed E-state index contributed by atoms with van der Waals surface area (Å²) in [5.41, 5.74) is -1.42. The van der Waals surface area contributed by atoms with Gasteiger partial charge in [0, 0.05) is 24.6 Å². The Bertz CT molecular complexity index is 1690. The molecule has 0 saturated heterocycles. The first-order chi connectivity index (χ1) is 19.2. The van der Waals surface area contributed by atoms with E-state index in [1.54, 1.807) is 0 Å². The Morgan fingerprint density at radius 2 is 1.66 bits per heavy atom. The van der Waals surface area contributed by atoms with Crippen LogP contribution >= 0.6 is 0 Å². The van der Waals surface area contributed by atoms with Crippen molar-refractivity contribution in [2.45, 2.75) is 38.4 Å². The molecule has 2 N–H and O–H groups in total. The van der Waals surface area contributed by atoms with Crippen molar-refractivity contribution >= 4 is 22.9 Å². The number of carbonyl (C=O) groups excluding carboxylic acids is 2. The number of nitriles is 1. The standard InChI is InChI=1S/C29H23F5N4O3/c1-28(2,14-35)38-25(39)19-12-16(6-9-21(19)31)18-13-20-23(26(40)36-3)24(15-4-7-17(30)8-5-15)41-27(20)37-22(18)10-11-29(32,33)34/h4-9,12-13H,10-11H2,1-3H3,(H,36,40)(H,38,39). The van der Waals surface area contributed by atoms with Gasteiger partial charge in [0.1, 0.15) is 22.9 Å². The second-order valence-electron chi connectivity index (χ2n) is 9.73. The molecule has 4 aromatic rings. The van der Waals surface area contributed by atoms with Gasteiger partial charge in [0.05, 0.1) is 28.3 Å². The number of rotatable bonds is 7. The van der Waals surface area contributed by atoms with Gasteiger partial charge < -0.3 is 15.1 Å². The molecule has 0 spiro atoms. The maximum atomic E-state index is 14.7. The normalized spacial score (nSPS) is 11.8. The van der Waals surface area contributed by atoms with E-state index in [1.165, 1.54) is 45.2 Å². The number of halogens is 5. The van der Waals surface area contributed by atoms with E-state index >= 15 is 0 Å². The summed E-state index contributed by atoms with van der Waals surface area (Å²) in [6.07, 6.45) is -6.35. The van der Waals surface area contributed by atoms with E-state index in [9.17, 15) is 36.8 Å². The van der Waals surface area contributed by atoms with Crippen LogP contribution in [-0.4, -0.2) is 35.6 Å². The number of aromatic nitrogens is 1. The number of alkyl halides is 3. The minimum Gasteiger partial charge on any atom is -0.437 e. The molecule has 0 saturated carbocycles. The van der Waals surface area contributed by atoms with Gasteiger partial charge in [-0.2, -0.15) is 18.4 Å². The van der Waals surface area contributed by atoms with Crippen molar-refractivity contribution in [3.8, 4) is 28.5 Å². The van der Waals surface area contributed by atoms with Crippen LogP contribution in [0.1, 0.15) is 46.7 Å². The fraction of sp³-hybridized carbons (Fsp3) is 0.241. The van der Waals surface area contributed by atoms with Crippen molar-refractivity contribution in [1.82, 2.24) is 15.6 Å². The number of fused-ring (bicyclic) bond motifs is 1. The smallest absolute Gasteiger partial charge is 0.389 e. The van der Waals surface area contributed by atoms with Gasteiger partial charge in [-0.15, -0.1) is 0 Å². The molecular weight excluding hydrogens is 547 g/mol. The zero-order valence-electron chi connectivity index (χ0n) is 22.0. The summed E-state index contributed by atoms with van der Waals surface area (Å²) < 4.78 is 73.7. The highest BCUT2D eigenvalue weighted by molar-refractivity contribution is 6.11. The van der Waals surface area contributed by atoms with E-state index < -0.39 is 53.6 Å². The Morgan fingerprint density at radius 1 is 1.00 bits per heavy atom. The second-order valence-corrected chi connectivity index (χ2v) is 9.73. The molecule has 12 heteroatoms. The Hall–Kier alpha value is -4.79. The van der Waals surface area contributed by atoms with E-state index in [2.05, 4.69) is 15.6 Å². The zero-order chi connectivity index (χ0) is 30.1. The van der Waals surface area contributed by atoms with Crippen LogP contribution in [0, 0.1) is 23.0 Å². The molecule has 0 radical (unpaired) electrons. The summed E-state index contributed by atoms with van der Waals surface area (Å²) in [6, 6.07) is 11.7. The van der Waals surface area contributed by atoms with Crippen LogP contribution in [0.15, 0.2) is 52.9 Å². The average molecular weight is 571 g/mol. The number of hydrogen-bond donors (Lipinski definition) is 2. The highest BCUT2D eigenvalue weighted by Crippen LogP contribution is 2.38. The molecule has 7 nitrogen and oxygen atoms in total. The van der Waals surface area contributed by atoms with E-state index in [0.29, 0.717) is 5.56 Å². The number of nitrogens with zero attached hydrogens (tertiary/aromatic N) is 2. The zero-order valence-corrected chi connectivity index (χ0v) is 22.0. The first-order valence-corrected chi connectivity index (χ1v) is 12.3. The van der Waals surface area contributed by atoms with E-state index in [4.69, 9.17) is 4.42 Å². The molecule has 0 aliphatic carbocycles. The van der Waals surface area contributed by atoms with Crippen LogP contribution in [0.3, 0.4) is 0 Å². The van der Waals surface area contributed by atoms with Crippen molar-refractivity contribution in [1.29, 1.82) is 5.26 Å². The summed E-state index contributed by atoms with van der Waals surface area (Å²) in [4.78, 5) is 30.0. The number of carbonyl (C=O) groups is 2. The minimum absolute atomic E-state index is 0.000998. The van der Waals surface area contributed by atoms with Crippen molar-refractivity contribution < 1.29 is 36.0 Å². The van der Waals surface area contributed by atoms with Gasteiger partial charge in [0.25, 0.3) is 11.8 Å². The summed E-state index contributed by atoms with van der Waals surface area (Å²) in [5.74, 6) is -2.94. The largest absolute Gasteiger partial charge is 0.437 e. The monoisotopic (exact) mass is 570 g/mol. The van der Waals surface area contributed by atoms with Crippen molar-refractivity contribution in [2.24, 2.45) is 0 Å². The molecule has 0 fully saturated rings. The lowest BCUT2D eigenvalue weighted by Gasteiger charge is -2.18. The van der Waals surface area contributed by atoms with E-state index in [0.717, 1.165) is 24.3 Å². The average Bonchev–Trinajstić information content (AvgIpc) is 3.29. The van der Waals surface area contributed by atoms with Crippen molar-refractivity contribution in [3.63, 3.8) is 0 Å². The molecule has 212 valence electrons. The predicted molar refractivity (Wildman–Crippen MR) is 140 cm³/mol. The molecule has 2 heterocycles. The number of amides is 2. The van der Waals surface area contributed by atoms with Gasteiger partial charge in [0.15, 0.2) is 0 Å². The van der Waals surface area contributed by atoms with Crippen LogP contribution in [0.25, 0.3) is 33.6 Å². The van der Waals surface area contributed by atoms with Gasteiger partial charge in [-0.25, -0.2) is 13.8 Å². The summed E-state index contributed by atoms with van der Waals surface area (Å²) in [6.45, 7) is 2.83. The topological polar surface area (TPSA) is 108 Å². The lowest BCUT2D eigenvalue weighted by molar-refractivity contribution is -0.134. The molecule has 0 unspecified atom stereocenters. The molecule has 0 atom stereocenters. The van der Waals surface area contributed by atoms with Crippen LogP contribution in [0.4, 0.5) is 22.0 Å². The van der Waals surface area contributed by atoms with Crippen molar-refractivity contribution in [2.75, 3.05) is 7.05 Å². The highest BCUT2D eigenvalue weighted by Gasteiger charge is 2.30. The maximum absolute atomic E-state index is 14.7. The first kappa shape index (κ1) is 29.2. The minimum atomic E-state index is -4.53. The second kappa shape index (κ2) is 11.0. The number of pyridine rings is 1. The maximum Gasteiger partial charge on any atom is 0.389 e. The van der Waals surface area contributed by atoms with E-state index in [1.807, 2.05) is 6.07 Å². The molecule has 4 rings (SSSR count). The lowest BCUT2D eigenvalue weighted by atomic mass is 9.96. The molecule has 2 aromatic carbocycles. The molecule has 0 bridgehead atoms. The molecule has 2 aromatic heterocycles. The Labute approximate surface area is 231 Å². The third-order valence-corrected chi connectivity index (χ3v) is 6.19. The number of hydrogen-bond acceptors (Lipinski definition) is 5. The van der Waals surface area contributed by atoms with Crippen LogP contribution in [-0.2, 0) is 6.42 Å². The number of benzene rings is 2. The van der Waals surface area contributed by atoms with Crippen LogP contribution < -0.4 is 10.6 Å². The highest BCUT2D eigenvalue weighted by atomic mass is 19.4. The number of furan rings is 1. The summed E-state index contributed by atoms with van der Waals surface area (Å²) in [5, 5.41) is 14.2. The van der Waals surface area contributed by atoms with Gasteiger partial charge >= 0.3 is 6.18 Å². The predicted octanol–water partition coefficient (Wildman–Crippen LogP) is 6.33. The van der Waals surface area contributed by atoms with Crippen LogP contribution in [0.2, 0.25) is 0 Å². The third-order valence-electron chi connectivity index (χ3n) is 6.19. The fourth-order valence-electron chi connectivity index (χ4n) is 4.16. The Morgan fingerprint density at radius 3 is 2.27 bits per heavy atom. The SMILES string of the molecule is CNC(=O)c1c(-c2ccc(F)cc2)oc2nc(CCC(F)(F)F)c(-c3ccc(F)c(C(=O)NC(C)(C)C#N)c3)cc12. The summed E-state index contributed by atoms with van der Waals surface area (Å²) in [7, 11) is 1.37. The fourth-order valence-corrected chi connectivity index (χ4v) is 4.16. The summed E-state index contributed by atoms with van der Waals surface area (Å²) >= 11 is 0. The van der Waals surface area contributed by atoms with Gasteiger partial charge in [-0.05, 0) is 68.3 Å². The Balaban J connectivity index is 1.95. The lowest BCUT2D eigenvalue weighted by Crippen LogP contribution is -2.42. The first-order valence-electron chi connectivity index (χ1n) is 12.3. The molecular formula is C29H23F5N4O3. The Kier molecular flexibility index (Phi) is 7.83. The molecule has 41 heavy (non-hydrogen) atoms. The van der Waals surface area contributed by atoms with E-state index in [-0.39, 0.29) is 39.2 Å². The number of nitrogens with one attached hydrogen (secondary N) is 2. The van der Waals surface area contributed by atoms with Gasteiger partial charge in [0.2, 0.25) is 5.71 Å². The van der Waals surface area contributed by atoms with Gasteiger partial charge in [-0.3, -0.25) is 9.59 Å². The number of aryl methyl sites for hydroxylation is 1. The van der Waals surface area contributed by atoms with Crippen molar-refractivity contribution in [3.05, 3.63) is 77.0 Å². The van der Waals surface area contributed by atoms with Gasteiger partial charge in [-0.1, -0.05) is 6.07 Å². The van der Waals surface area contributed by atoms with Crippen LogP contribution in [0.5, 0.6) is 0 Å². The molecule has 2 amide bonds. The molecule has 0 aliphatic heterocycles.